The van der Waals surface area contributed by atoms with Crippen molar-refractivity contribution in [2.75, 3.05) is 6.54 Å². The molecule has 1 saturated heterocycles. The number of nitro benzene ring substituents is 1. The smallest absolute Gasteiger partial charge is 0.274 e. The molecule has 0 radical (unpaired) electrons. The highest BCUT2D eigenvalue weighted by Gasteiger charge is 2.22. The minimum atomic E-state index is -0.365. The van der Waals surface area contributed by atoms with Crippen LogP contribution in [0, 0.1) is 10.1 Å². The number of halogens is 1. The van der Waals surface area contributed by atoms with Crippen LogP contribution in [0.2, 0.25) is 5.02 Å². The second-order valence-corrected chi connectivity index (χ2v) is 4.40. The topological polar surface area (TPSA) is 55.2 Å². The number of nitrogens with zero attached hydrogens (tertiary/aromatic N) is 1. The van der Waals surface area contributed by atoms with Gasteiger partial charge in [-0.1, -0.05) is 17.7 Å². The van der Waals surface area contributed by atoms with Crippen molar-refractivity contribution in [3.05, 3.63) is 38.9 Å². The number of rotatable bonds is 3. The summed E-state index contributed by atoms with van der Waals surface area (Å²) in [5.74, 6) is 0. The van der Waals surface area contributed by atoms with Crippen molar-refractivity contribution in [1.29, 1.82) is 0 Å². The van der Waals surface area contributed by atoms with E-state index < -0.39 is 0 Å². The van der Waals surface area contributed by atoms with Gasteiger partial charge < -0.3 is 5.32 Å². The Morgan fingerprint density at radius 2 is 2.38 bits per heavy atom. The summed E-state index contributed by atoms with van der Waals surface area (Å²) < 4.78 is 0. The highest BCUT2D eigenvalue weighted by atomic mass is 35.5. The Morgan fingerprint density at radius 1 is 1.56 bits per heavy atom. The SMILES string of the molecule is O=[N+]([O-])c1cccc(Cl)c1CC1CCCN1. The van der Waals surface area contributed by atoms with Crippen molar-refractivity contribution in [3.8, 4) is 0 Å². The standard InChI is InChI=1S/C11H13ClN2O2/c12-10-4-1-5-11(14(15)16)9(10)7-8-3-2-6-13-8/h1,4-5,8,13H,2-3,6-7H2. The van der Waals surface area contributed by atoms with Gasteiger partial charge in [-0.25, -0.2) is 0 Å². The lowest BCUT2D eigenvalue weighted by Crippen LogP contribution is -2.24. The molecule has 1 aliphatic heterocycles. The van der Waals surface area contributed by atoms with Crippen molar-refractivity contribution in [2.24, 2.45) is 0 Å². The maximum Gasteiger partial charge on any atom is 0.274 e. The van der Waals surface area contributed by atoms with Crippen molar-refractivity contribution < 1.29 is 4.92 Å². The summed E-state index contributed by atoms with van der Waals surface area (Å²) in [4.78, 5) is 10.5. The lowest BCUT2D eigenvalue weighted by molar-refractivity contribution is -0.385. The molecule has 1 fully saturated rings. The minimum Gasteiger partial charge on any atom is -0.314 e. The number of hydrogen-bond donors (Lipinski definition) is 1. The van der Waals surface area contributed by atoms with Crippen LogP contribution < -0.4 is 5.32 Å². The van der Waals surface area contributed by atoms with Crippen molar-refractivity contribution in [3.63, 3.8) is 0 Å². The van der Waals surface area contributed by atoms with Crippen LogP contribution in [0.5, 0.6) is 0 Å². The molecule has 1 N–H and O–H groups in total. The van der Waals surface area contributed by atoms with E-state index in [1.165, 1.54) is 6.07 Å². The summed E-state index contributed by atoms with van der Waals surface area (Å²) >= 11 is 6.02. The van der Waals surface area contributed by atoms with Crippen LogP contribution >= 0.6 is 11.6 Å². The van der Waals surface area contributed by atoms with E-state index in [0.29, 0.717) is 23.0 Å². The Bertz CT molecular complexity index is 403. The summed E-state index contributed by atoms with van der Waals surface area (Å²) in [7, 11) is 0. The van der Waals surface area contributed by atoms with Crippen LogP contribution in [-0.4, -0.2) is 17.5 Å². The van der Waals surface area contributed by atoms with Gasteiger partial charge in [0.1, 0.15) is 0 Å². The largest absolute Gasteiger partial charge is 0.314 e. The lowest BCUT2D eigenvalue weighted by Gasteiger charge is -2.11. The van der Waals surface area contributed by atoms with Gasteiger partial charge >= 0.3 is 0 Å². The van der Waals surface area contributed by atoms with Gasteiger partial charge in [0.05, 0.1) is 9.95 Å². The average Bonchev–Trinajstić information content (AvgIpc) is 2.73. The normalized spacial score (nSPS) is 19.9. The Kier molecular flexibility index (Phi) is 3.41. The number of hydrogen-bond acceptors (Lipinski definition) is 3. The number of benzene rings is 1. The minimum absolute atomic E-state index is 0.126. The summed E-state index contributed by atoms with van der Waals surface area (Å²) in [6.45, 7) is 0.989. The summed E-state index contributed by atoms with van der Waals surface area (Å²) in [5.41, 5.74) is 0.773. The van der Waals surface area contributed by atoms with Gasteiger partial charge in [-0.2, -0.15) is 0 Å². The van der Waals surface area contributed by atoms with Gasteiger partial charge in [0, 0.05) is 17.7 Å². The van der Waals surface area contributed by atoms with E-state index in [0.717, 1.165) is 19.4 Å². The fourth-order valence-corrected chi connectivity index (χ4v) is 2.34. The first-order valence-corrected chi connectivity index (χ1v) is 5.71. The third-order valence-corrected chi connectivity index (χ3v) is 3.26. The Morgan fingerprint density at radius 3 is 3.00 bits per heavy atom. The van der Waals surface area contributed by atoms with Crippen molar-refractivity contribution >= 4 is 17.3 Å². The zero-order chi connectivity index (χ0) is 11.5. The van der Waals surface area contributed by atoms with Crippen LogP contribution in [-0.2, 0) is 6.42 Å². The second kappa shape index (κ2) is 4.80. The maximum atomic E-state index is 10.9. The fraction of sp³-hybridized carbons (Fsp3) is 0.455. The van der Waals surface area contributed by atoms with Gasteiger partial charge in [0.2, 0.25) is 0 Å². The molecule has 5 heteroatoms. The molecule has 1 heterocycles. The van der Waals surface area contributed by atoms with Crippen LogP contribution in [0.4, 0.5) is 5.69 Å². The van der Waals surface area contributed by atoms with Crippen LogP contribution in [0.15, 0.2) is 18.2 Å². The molecule has 0 saturated carbocycles. The Labute approximate surface area is 98.8 Å². The van der Waals surface area contributed by atoms with E-state index in [2.05, 4.69) is 5.32 Å². The summed E-state index contributed by atoms with van der Waals surface area (Å²) in [6, 6.07) is 5.15. The molecule has 16 heavy (non-hydrogen) atoms. The molecule has 0 aliphatic carbocycles. The second-order valence-electron chi connectivity index (χ2n) is 3.99. The molecule has 0 aromatic heterocycles. The molecular formula is C11H13ClN2O2. The predicted molar refractivity (Wildman–Crippen MR) is 62.8 cm³/mol. The molecule has 1 unspecified atom stereocenters. The first kappa shape index (κ1) is 11.4. The molecule has 0 bridgehead atoms. The molecule has 86 valence electrons. The van der Waals surface area contributed by atoms with Crippen LogP contribution in [0.1, 0.15) is 18.4 Å². The van der Waals surface area contributed by atoms with Crippen molar-refractivity contribution in [2.45, 2.75) is 25.3 Å². The van der Waals surface area contributed by atoms with Gasteiger partial charge in [-0.05, 0) is 31.9 Å². The quantitative estimate of drug-likeness (QED) is 0.653. The predicted octanol–water partition coefficient (Wildman–Crippen LogP) is 2.54. The molecule has 0 amide bonds. The van der Waals surface area contributed by atoms with E-state index >= 15 is 0 Å². The first-order chi connectivity index (χ1) is 7.68. The maximum absolute atomic E-state index is 10.9. The first-order valence-electron chi connectivity index (χ1n) is 5.33. The molecule has 4 nitrogen and oxygen atoms in total. The van der Waals surface area contributed by atoms with Crippen LogP contribution in [0.25, 0.3) is 0 Å². The summed E-state index contributed by atoms with van der Waals surface area (Å²) in [6.07, 6.45) is 2.82. The monoisotopic (exact) mass is 240 g/mol. The summed E-state index contributed by atoms with van der Waals surface area (Å²) in [5, 5.41) is 14.7. The number of nitrogens with one attached hydrogen (secondary N) is 1. The fourth-order valence-electron chi connectivity index (χ4n) is 2.10. The lowest BCUT2D eigenvalue weighted by atomic mass is 10.0. The molecule has 0 spiro atoms. The van der Waals surface area contributed by atoms with Gasteiger partial charge in [-0.15, -0.1) is 0 Å². The Hall–Kier alpha value is -1.13. The molecular weight excluding hydrogens is 228 g/mol. The van der Waals surface area contributed by atoms with E-state index in [1.54, 1.807) is 12.1 Å². The average molecular weight is 241 g/mol. The zero-order valence-electron chi connectivity index (χ0n) is 8.78. The Balaban J connectivity index is 2.26. The number of nitro groups is 1. The molecule has 2 rings (SSSR count). The van der Waals surface area contributed by atoms with Gasteiger partial charge in [0.25, 0.3) is 5.69 Å². The third-order valence-electron chi connectivity index (χ3n) is 2.90. The van der Waals surface area contributed by atoms with Gasteiger partial charge in [0.15, 0.2) is 0 Å². The van der Waals surface area contributed by atoms with E-state index in [9.17, 15) is 10.1 Å². The van der Waals surface area contributed by atoms with E-state index in [4.69, 9.17) is 11.6 Å². The van der Waals surface area contributed by atoms with Gasteiger partial charge in [-0.3, -0.25) is 10.1 Å². The third kappa shape index (κ3) is 2.33. The zero-order valence-corrected chi connectivity index (χ0v) is 9.54. The molecule has 1 aliphatic rings. The highest BCUT2D eigenvalue weighted by molar-refractivity contribution is 6.31. The van der Waals surface area contributed by atoms with Crippen molar-refractivity contribution in [1.82, 2.24) is 5.32 Å². The molecule has 1 atom stereocenters. The van der Waals surface area contributed by atoms with E-state index in [1.807, 2.05) is 0 Å². The van der Waals surface area contributed by atoms with Crippen LogP contribution in [0.3, 0.4) is 0 Å². The van der Waals surface area contributed by atoms with E-state index in [-0.39, 0.29) is 10.6 Å². The highest BCUT2D eigenvalue weighted by Crippen LogP contribution is 2.28. The molecule has 1 aromatic carbocycles. The molecule has 1 aromatic rings.